The lowest BCUT2D eigenvalue weighted by Gasteiger charge is -2.49. The highest BCUT2D eigenvalue weighted by Crippen LogP contribution is 2.41. The Hall–Kier alpha value is -1.01. The molecule has 0 spiro atoms. The minimum absolute atomic E-state index is 0.152. The smallest absolute Gasteiger partial charge is 0.311 e. The Balaban J connectivity index is 2.15. The Morgan fingerprint density at radius 1 is 0.981 bits per heavy atom. The fraction of sp³-hybridized carbons (Fsp3) is 0.974. The molecule has 3 aliphatic rings. The van der Waals surface area contributed by atoms with Gasteiger partial charge in [-0.1, -0.05) is 20.8 Å². The number of ether oxygens (including phenoxy) is 6. The molecular formula is C38H72N2O12. The average molecular weight is 749 g/mol. The van der Waals surface area contributed by atoms with E-state index >= 15 is 0 Å². The zero-order chi connectivity index (χ0) is 39.5. The van der Waals surface area contributed by atoms with Gasteiger partial charge in [-0.25, -0.2) is 0 Å². The molecule has 0 bridgehead atoms. The van der Waals surface area contributed by atoms with Crippen molar-refractivity contribution in [3.8, 4) is 0 Å². The summed E-state index contributed by atoms with van der Waals surface area (Å²) >= 11 is 0. The highest BCUT2D eigenvalue weighted by molar-refractivity contribution is 5.73. The van der Waals surface area contributed by atoms with Crippen LogP contribution in [0.25, 0.3) is 0 Å². The normalized spacial score (nSPS) is 49.2. The van der Waals surface area contributed by atoms with Crippen LogP contribution in [0.5, 0.6) is 0 Å². The SMILES string of the molecule is CC[C@H]1OC(=O)[C@H](C)[C@@H](O[C@H]2C[C@@](C)(OC)C(CO)[C@H](C)O2)[C@H](C)[C@@H](OC2O[C@H](C)CC(N(C)C)[C@H]2O)[C@](C)(O)C[C@@H](C)CN[C@H](C)[C@@H](O)[C@]1(C)O. The van der Waals surface area contributed by atoms with Crippen molar-refractivity contribution >= 4 is 5.97 Å². The maximum atomic E-state index is 14.2. The fourth-order valence-corrected chi connectivity index (χ4v) is 8.79. The monoisotopic (exact) mass is 749 g/mol. The number of aliphatic hydroxyl groups is 5. The maximum Gasteiger partial charge on any atom is 0.311 e. The summed E-state index contributed by atoms with van der Waals surface area (Å²) < 4.78 is 37.9. The molecule has 0 aromatic carbocycles. The number of likely N-dealkylation sites (N-methyl/N-ethyl adjacent to an activating group) is 1. The topological polar surface area (TPSA) is 189 Å². The van der Waals surface area contributed by atoms with Crippen molar-refractivity contribution in [3.63, 3.8) is 0 Å². The van der Waals surface area contributed by atoms with Gasteiger partial charge in [0, 0.05) is 37.5 Å². The Morgan fingerprint density at radius 3 is 2.17 bits per heavy atom. The number of methoxy groups -OCH3 is 1. The minimum atomic E-state index is -1.80. The van der Waals surface area contributed by atoms with Crippen molar-refractivity contribution in [1.82, 2.24) is 10.2 Å². The molecule has 0 aliphatic carbocycles. The summed E-state index contributed by atoms with van der Waals surface area (Å²) in [7, 11) is 5.35. The van der Waals surface area contributed by atoms with Crippen molar-refractivity contribution in [2.24, 2.45) is 23.7 Å². The van der Waals surface area contributed by atoms with Crippen LogP contribution in [0.15, 0.2) is 0 Å². The molecule has 0 radical (unpaired) electrons. The molecule has 6 N–H and O–H groups in total. The maximum absolute atomic E-state index is 14.2. The molecule has 52 heavy (non-hydrogen) atoms. The van der Waals surface area contributed by atoms with Crippen molar-refractivity contribution in [1.29, 1.82) is 0 Å². The van der Waals surface area contributed by atoms with E-state index in [1.54, 1.807) is 34.8 Å². The molecule has 0 amide bonds. The van der Waals surface area contributed by atoms with Gasteiger partial charge in [0.05, 0.1) is 48.1 Å². The molecule has 3 heterocycles. The second-order valence-electron chi connectivity index (χ2n) is 17.0. The van der Waals surface area contributed by atoms with E-state index < -0.39 is 89.9 Å². The van der Waals surface area contributed by atoms with Gasteiger partial charge in [0.15, 0.2) is 12.6 Å². The third-order valence-corrected chi connectivity index (χ3v) is 12.2. The van der Waals surface area contributed by atoms with Crippen LogP contribution in [0.3, 0.4) is 0 Å². The predicted octanol–water partition coefficient (Wildman–Crippen LogP) is 1.81. The summed E-state index contributed by atoms with van der Waals surface area (Å²) in [5.41, 5.74) is -4.16. The van der Waals surface area contributed by atoms with Crippen LogP contribution >= 0.6 is 0 Å². The molecule has 3 fully saturated rings. The van der Waals surface area contributed by atoms with Gasteiger partial charge in [0.2, 0.25) is 0 Å². The number of carbonyl (C=O) groups excluding carboxylic acids is 1. The average Bonchev–Trinajstić information content (AvgIpc) is 3.06. The van der Waals surface area contributed by atoms with Gasteiger partial charge >= 0.3 is 5.97 Å². The lowest BCUT2D eigenvalue weighted by Crippen LogP contribution is -2.60. The van der Waals surface area contributed by atoms with Crippen LogP contribution in [-0.4, -0.2) is 155 Å². The minimum Gasteiger partial charge on any atom is -0.459 e. The van der Waals surface area contributed by atoms with E-state index in [0.29, 0.717) is 13.0 Å². The summed E-state index contributed by atoms with van der Waals surface area (Å²) in [4.78, 5) is 16.1. The number of nitrogens with one attached hydrogen (secondary N) is 1. The largest absolute Gasteiger partial charge is 0.459 e. The van der Waals surface area contributed by atoms with Crippen molar-refractivity contribution in [2.75, 3.05) is 34.4 Å². The van der Waals surface area contributed by atoms with E-state index in [9.17, 15) is 30.3 Å². The first-order valence-electron chi connectivity index (χ1n) is 19.2. The molecule has 3 aliphatic heterocycles. The number of cyclic esters (lactones) is 1. The molecule has 3 saturated heterocycles. The number of nitrogens with zero attached hydrogens (tertiary/aromatic N) is 1. The third-order valence-electron chi connectivity index (χ3n) is 12.2. The second kappa shape index (κ2) is 18.3. The molecule has 14 heteroatoms. The molecule has 3 unspecified atom stereocenters. The first-order chi connectivity index (χ1) is 24.0. The zero-order valence-electron chi connectivity index (χ0n) is 33.9. The van der Waals surface area contributed by atoms with Crippen LogP contribution in [-0.2, 0) is 33.2 Å². The van der Waals surface area contributed by atoms with E-state index in [4.69, 9.17) is 28.4 Å². The van der Waals surface area contributed by atoms with E-state index in [1.807, 2.05) is 53.6 Å². The Kier molecular flexibility index (Phi) is 16.0. The molecule has 306 valence electrons. The number of hydrogen-bond donors (Lipinski definition) is 6. The summed E-state index contributed by atoms with van der Waals surface area (Å²) in [5.74, 6) is -2.90. The van der Waals surface area contributed by atoms with Crippen LogP contribution < -0.4 is 5.32 Å². The molecular weight excluding hydrogens is 676 g/mol. The number of aliphatic hydroxyl groups excluding tert-OH is 3. The van der Waals surface area contributed by atoms with Gasteiger partial charge in [0.25, 0.3) is 0 Å². The zero-order valence-corrected chi connectivity index (χ0v) is 33.9. The number of esters is 1. The lowest BCUT2D eigenvalue weighted by atomic mass is 9.77. The Labute approximate surface area is 311 Å². The fourth-order valence-electron chi connectivity index (χ4n) is 8.79. The summed E-state index contributed by atoms with van der Waals surface area (Å²) in [6, 6.07) is -0.853. The molecule has 18 atom stereocenters. The van der Waals surface area contributed by atoms with Crippen LogP contribution in [0.1, 0.15) is 94.9 Å². The van der Waals surface area contributed by atoms with E-state index in [2.05, 4.69) is 5.32 Å². The molecule has 0 aromatic rings. The molecule has 0 saturated carbocycles. The number of rotatable bonds is 8. The van der Waals surface area contributed by atoms with Gasteiger partial charge in [-0.05, 0) is 94.3 Å². The van der Waals surface area contributed by atoms with E-state index in [-0.39, 0.29) is 49.9 Å². The van der Waals surface area contributed by atoms with E-state index in [1.165, 1.54) is 6.92 Å². The number of carbonyl (C=O) groups is 1. The highest BCUT2D eigenvalue weighted by Gasteiger charge is 2.52. The van der Waals surface area contributed by atoms with Gasteiger partial charge in [0.1, 0.15) is 23.9 Å². The van der Waals surface area contributed by atoms with Crippen LogP contribution in [0, 0.1) is 23.7 Å². The Morgan fingerprint density at radius 2 is 1.62 bits per heavy atom. The molecule has 14 nitrogen and oxygen atoms in total. The first-order valence-corrected chi connectivity index (χ1v) is 19.2. The molecule has 3 rings (SSSR count). The Bertz CT molecular complexity index is 1130. The molecule has 0 aromatic heterocycles. The van der Waals surface area contributed by atoms with Crippen LogP contribution in [0.2, 0.25) is 0 Å². The summed E-state index contributed by atoms with van der Waals surface area (Å²) in [6.07, 6.45) is -6.85. The van der Waals surface area contributed by atoms with Gasteiger partial charge < -0.3 is 64.2 Å². The standard InChI is InChI=1S/C38H72N2O12/c1-14-28-38(10,46)32(43)24(6)39-18-20(2)16-36(8,45)33(52-35-30(42)27(40(11)12)15-21(3)48-35)22(4)31(23(5)34(44)50-28)51-29-17-37(9,47-13)26(19-41)25(7)49-29/h20-33,35,39,41-43,45-46H,14-19H2,1-13H3/t20-,21-,22+,23-,24-,25+,26?,27?,28-,29+,30-,31+,32-,33-,35?,36-,37-,38-/m1/s1. The van der Waals surface area contributed by atoms with Crippen LogP contribution in [0.4, 0.5) is 0 Å². The van der Waals surface area contributed by atoms with Gasteiger partial charge in [-0.15, -0.1) is 0 Å². The highest BCUT2D eigenvalue weighted by atomic mass is 16.7. The third kappa shape index (κ3) is 10.2. The van der Waals surface area contributed by atoms with Gasteiger partial charge in [-0.2, -0.15) is 0 Å². The van der Waals surface area contributed by atoms with E-state index in [0.717, 1.165) is 0 Å². The van der Waals surface area contributed by atoms with Crippen molar-refractivity contribution < 1.29 is 58.7 Å². The first kappa shape index (κ1) is 45.4. The summed E-state index contributed by atoms with van der Waals surface area (Å²) in [5, 5.41) is 60.4. The van der Waals surface area contributed by atoms with Gasteiger partial charge in [-0.3, -0.25) is 4.79 Å². The number of hydrogen-bond acceptors (Lipinski definition) is 14. The van der Waals surface area contributed by atoms with Crippen molar-refractivity contribution in [2.45, 2.75) is 179 Å². The lowest BCUT2D eigenvalue weighted by molar-refractivity contribution is -0.315. The second-order valence-corrected chi connectivity index (χ2v) is 17.0. The predicted molar refractivity (Wildman–Crippen MR) is 194 cm³/mol. The quantitative estimate of drug-likeness (QED) is 0.197. The van der Waals surface area contributed by atoms with Crippen molar-refractivity contribution in [3.05, 3.63) is 0 Å². The summed E-state index contributed by atoms with van der Waals surface area (Å²) in [6.45, 7) is 18.0.